The standard InChI is InChI=1S/C25H26ClN5O/c1-17-21(18(2)31-25(27-17)22-8-3-4-9-23(22)28-31)10-11-24(32)30-14-12-29(13-15-30)20-7-5-6-19(26)16-20/h3-9,16H,10-15H2,1-2H3. The number of hydrogen-bond acceptors (Lipinski definition) is 4. The molecule has 0 atom stereocenters. The summed E-state index contributed by atoms with van der Waals surface area (Å²) in [5.41, 5.74) is 6.07. The van der Waals surface area contributed by atoms with Gasteiger partial charge in [0.1, 0.15) is 0 Å². The van der Waals surface area contributed by atoms with Crippen molar-refractivity contribution in [3.63, 3.8) is 0 Å². The lowest BCUT2D eigenvalue weighted by Gasteiger charge is -2.36. The molecule has 1 aliphatic heterocycles. The van der Waals surface area contributed by atoms with Crippen molar-refractivity contribution in [2.24, 2.45) is 0 Å². The third-order valence-corrected chi connectivity index (χ3v) is 6.65. The molecule has 3 heterocycles. The molecule has 6 nitrogen and oxygen atoms in total. The van der Waals surface area contributed by atoms with Crippen LogP contribution in [0.3, 0.4) is 0 Å². The number of carbonyl (C=O) groups excluding carboxylic acids is 1. The van der Waals surface area contributed by atoms with Crippen LogP contribution in [0.1, 0.15) is 23.4 Å². The van der Waals surface area contributed by atoms with Gasteiger partial charge in [-0.2, -0.15) is 5.10 Å². The Hall–Kier alpha value is -3.12. The number of aryl methyl sites for hydroxylation is 2. The largest absolute Gasteiger partial charge is 0.368 e. The summed E-state index contributed by atoms with van der Waals surface area (Å²) in [6.07, 6.45) is 1.15. The molecule has 1 amide bonds. The van der Waals surface area contributed by atoms with Crippen molar-refractivity contribution in [2.75, 3.05) is 31.1 Å². The van der Waals surface area contributed by atoms with Crippen LogP contribution in [-0.4, -0.2) is 51.6 Å². The summed E-state index contributed by atoms with van der Waals surface area (Å²) in [5.74, 6) is 0.195. The molecule has 32 heavy (non-hydrogen) atoms. The quantitative estimate of drug-likeness (QED) is 0.464. The number of hydrogen-bond donors (Lipinski definition) is 0. The van der Waals surface area contributed by atoms with Gasteiger partial charge in [0.2, 0.25) is 5.91 Å². The van der Waals surface area contributed by atoms with Crippen molar-refractivity contribution in [2.45, 2.75) is 26.7 Å². The molecule has 7 heteroatoms. The second-order valence-electron chi connectivity index (χ2n) is 8.36. The van der Waals surface area contributed by atoms with Crippen LogP contribution in [0.15, 0.2) is 48.5 Å². The number of anilines is 1. The van der Waals surface area contributed by atoms with Gasteiger partial charge in [-0.1, -0.05) is 29.8 Å². The molecule has 4 aromatic rings. The van der Waals surface area contributed by atoms with Gasteiger partial charge in [-0.05, 0) is 56.2 Å². The maximum Gasteiger partial charge on any atom is 0.223 e. The molecule has 0 saturated carbocycles. The summed E-state index contributed by atoms with van der Waals surface area (Å²) < 4.78 is 1.92. The van der Waals surface area contributed by atoms with Gasteiger partial charge in [-0.15, -0.1) is 0 Å². The van der Waals surface area contributed by atoms with Crippen LogP contribution in [0.25, 0.3) is 16.6 Å². The Labute approximate surface area is 192 Å². The number of carbonyl (C=O) groups is 1. The second-order valence-corrected chi connectivity index (χ2v) is 8.80. The molecule has 1 fully saturated rings. The minimum atomic E-state index is 0.195. The molecule has 0 unspecified atom stereocenters. The van der Waals surface area contributed by atoms with E-state index in [9.17, 15) is 4.79 Å². The van der Waals surface area contributed by atoms with Crippen molar-refractivity contribution in [1.29, 1.82) is 0 Å². The number of halogens is 1. The number of nitrogens with zero attached hydrogens (tertiary/aromatic N) is 5. The van der Waals surface area contributed by atoms with E-state index in [1.54, 1.807) is 0 Å². The molecule has 0 bridgehead atoms. The number of fused-ring (bicyclic) bond motifs is 3. The van der Waals surface area contributed by atoms with E-state index in [0.29, 0.717) is 12.8 Å². The molecule has 0 aliphatic carbocycles. The molecular formula is C25H26ClN5O. The summed E-state index contributed by atoms with van der Waals surface area (Å²) in [7, 11) is 0. The molecule has 1 saturated heterocycles. The predicted octanol–water partition coefficient (Wildman–Crippen LogP) is 4.43. The van der Waals surface area contributed by atoms with E-state index in [1.807, 2.05) is 52.7 Å². The number of benzene rings is 2. The highest BCUT2D eigenvalue weighted by Gasteiger charge is 2.22. The lowest BCUT2D eigenvalue weighted by molar-refractivity contribution is -0.131. The topological polar surface area (TPSA) is 53.7 Å². The molecule has 2 aromatic carbocycles. The van der Waals surface area contributed by atoms with Gasteiger partial charge >= 0.3 is 0 Å². The zero-order valence-corrected chi connectivity index (χ0v) is 19.1. The Morgan fingerprint density at radius 3 is 2.59 bits per heavy atom. The van der Waals surface area contributed by atoms with E-state index >= 15 is 0 Å². The molecular weight excluding hydrogens is 422 g/mol. The van der Waals surface area contributed by atoms with Gasteiger partial charge in [0.25, 0.3) is 0 Å². The number of amides is 1. The Bertz CT molecular complexity index is 1310. The van der Waals surface area contributed by atoms with Crippen LogP contribution < -0.4 is 4.90 Å². The van der Waals surface area contributed by atoms with Gasteiger partial charge in [0.15, 0.2) is 5.65 Å². The molecule has 0 N–H and O–H groups in total. The van der Waals surface area contributed by atoms with E-state index in [4.69, 9.17) is 21.7 Å². The molecule has 1 aliphatic rings. The van der Waals surface area contributed by atoms with Crippen molar-refractivity contribution in [3.05, 3.63) is 70.5 Å². The monoisotopic (exact) mass is 447 g/mol. The summed E-state index contributed by atoms with van der Waals surface area (Å²) in [4.78, 5) is 22.0. The highest BCUT2D eigenvalue weighted by molar-refractivity contribution is 6.30. The molecule has 0 radical (unpaired) electrons. The average Bonchev–Trinajstić information content (AvgIpc) is 3.18. The first-order valence-corrected chi connectivity index (χ1v) is 11.4. The first-order chi connectivity index (χ1) is 15.5. The Balaban J connectivity index is 1.27. The fraction of sp³-hybridized carbons (Fsp3) is 0.320. The normalized spacial score (nSPS) is 14.5. The zero-order valence-electron chi connectivity index (χ0n) is 18.4. The van der Waals surface area contributed by atoms with Gasteiger partial charge in [-0.25, -0.2) is 9.50 Å². The lowest BCUT2D eigenvalue weighted by Crippen LogP contribution is -2.48. The SMILES string of the molecule is Cc1nc2c3ccccc3nn2c(C)c1CCC(=O)N1CCN(c2cccc(Cl)c2)CC1. The molecule has 0 spiro atoms. The van der Waals surface area contributed by atoms with Crippen molar-refractivity contribution in [3.8, 4) is 0 Å². The first kappa shape index (κ1) is 20.8. The van der Waals surface area contributed by atoms with Crippen molar-refractivity contribution < 1.29 is 4.79 Å². The first-order valence-electron chi connectivity index (χ1n) is 11.0. The van der Waals surface area contributed by atoms with Crippen molar-refractivity contribution >= 4 is 39.7 Å². The van der Waals surface area contributed by atoms with Crippen LogP contribution in [0.4, 0.5) is 5.69 Å². The zero-order chi connectivity index (χ0) is 22.2. The van der Waals surface area contributed by atoms with Gasteiger partial charge in [-0.3, -0.25) is 4.79 Å². The lowest BCUT2D eigenvalue weighted by atomic mass is 10.1. The third kappa shape index (κ3) is 3.79. The van der Waals surface area contributed by atoms with Gasteiger partial charge in [0.05, 0.1) is 5.52 Å². The number of piperazine rings is 1. The van der Waals surface area contributed by atoms with Gasteiger partial charge < -0.3 is 9.80 Å². The van der Waals surface area contributed by atoms with E-state index in [-0.39, 0.29) is 5.91 Å². The Kier molecular flexibility index (Phi) is 5.47. The number of aromatic nitrogens is 3. The minimum absolute atomic E-state index is 0.195. The van der Waals surface area contributed by atoms with Crippen LogP contribution in [0, 0.1) is 13.8 Å². The fourth-order valence-corrected chi connectivity index (χ4v) is 4.80. The summed E-state index contributed by atoms with van der Waals surface area (Å²) in [6.45, 7) is 7.18. The van der Waals surface area contributed by atoms with E-state index in [0.717, 1.165) is 70.4 Å². The summed E-state index contributed by atoms with van der Waals surface area (Å²) in [5, 5.41) is 6.51. The van der Waals surface area contributed by atoms with Crippen LogP contribution in [-0.2, 0) is 11.2 Å². The van der Waals surface area contributed by atoms with Crippen LogP contribution in [0.5, 0.6) is 0 Å². The minimum Gasteiger partial charge on any atom is -0.368 e. The average molecular weight is 448 g/mol. The fourth-order valence-electron chi connectivity index (χ4n) is 4.62. The third-order valence-electron chi connectivity index (χ3n) is 6.41. The van der Waals surface area contributed by atoms with Crippen LogP contribution >= 0.6 is 11.6 Å². The summed E-state index contributed by atoms with van der Waals surface area (Å²) >= 11 is 6.12. The van der Waals surface area contributed by atoms with E-state index in [1.165, 1.54) is 0 Å². The van der Waals surface area contributed by atoms with E-state index in [2.05, 4.69) is 24.0 Å². The predicted molar refractivity (Wildman–Crippen MR) is 129 cm³/mol. The maximum absolute atomic E-state index is 12.9. The smallest absolute Gasteiger partial charge is 0.223 e. The molecule has 5 rings (SSSR count). The van der Waals surface area contributed by atoms with Crippen LogP contribution in [0.2, 0.25) is 5.02 Å². The highest BCUT2D eigenvalue weighted by Crippen LogP contribution is 2.24. The Morgan fingerprint density at radius 2 is 1.81 bits per heavy atom. The number of rotatable bonds is 4. The highest BCUT2D eigenvalue weighted by atomic mass is 35.5. The maximum atomic E-state index is 12.9. The Morgan fingerprint density at radius 1 is 1.03 bits per heavy atom. The molecule has 164 valence electrons. The molecule has 2 aromatic heterocycles. The van der Waals surface area contributed by atoms with E-state index < -0.39 is 0 Å². The second kappa shape index (κ2) is 8.43. The van der Waals surface area contributed by atoms with Crippen molar-refractivity contribution in [1.82, 2.24) is 19.5 Å². The summed E-state index contributed by atoms with van der Waals surface area (Å²) in [6, 6.07) is 15.9. The van der Waals surface area contributed by atoms with Gasteiger partial charge in [0, 0.05) is 60.1 Å².